The van der Waals surface area contributed by atoms with E-state index in [0.29, 0.717) is 0 Å². The highest BCUT2D eigenvalue weighted by Crippen LogP contribution is 2.33. The van der Waals surface area contributed by atoms with Crippen LogP contribution in [0, 0.1) is 0 Å². The fourth-order valence-electron chi connectivity index (χ4n) is 1.37. The molecule has 2 amide bonds. The second kappa shape index (κ2) is 7.28. The molecule has 0 aliphatic rings. The third-order valence-corrected chi connectivity index (χ3v) is 2.75. The first-order valence-corrected chi connectivity index (χ1v) is 6.19. The zero-order valence-electron chi connectivity index (χ0n) is 11.0. The Morgan fingerprint density at radius 2 is 1.81 bits per heavy atom. The van der Waals surface area contributed by atoms with E-state index in [2.05, 4.69) is 16.0 Å². The maximum atomic E-state index is 12.6. The van der Waals surface area contributed by atoms with E-state index in [1.54, 1.807) is 0 Å². The average molecular weight is 324 g/mol. The summed E-state index contributed by atoms with van der Waals surface area (Å²) in [5.41, 5.74) is -1.06. The van der Waals surface area contributed by atoms with Crippen molar-refractivity contribution in [3.05, 3.63) is 28.8 Å². The highest BCUT2D eigenvalue weighted by atomic mass is 35.5. The molecule has 1 rings (SSSR count). The molecule has 1 aromatic carbocycles. The molecule has 0 radical (unpaired) electrons. The van der Waals surface area contributed by atoms with Crippen LogP contribution in [0.3, 0.4) is 0 Å². The summed E-state index contributed by atoms with van der Waals surface area (Å²) in [7, 11) is 1.44. The van der Waals surface area contributed by atoms with Gasteiger partial charge in [-0.3, -0.25) is 14.9 Å². The lowest BCUT2D eigenvalue weighted by Gasteiger charge is -2.12. The Bertz CT molecular complexity index is 535. The summed E-state index contributed by atoms with van der Waals surface area (Å²) in [5.74, 6) is -0.931. The summed E-state index contributed by atoms with van der Waals surface area (Å²) >= 11 is 5.73. The number of alkyl halides is 3. The summed E-state index contributed by atoms with van der Waals surface area (Å²) < 4.78 is 37.7. The summed E-state index contributed by atoms with van der Waals surface area (Å²) in [6.45, 7) is -0.319. The number of anilines is 1. The minimum Gasteiger partial charge on any atom is -0.358 e. The van der Waals surface area contributed by atoms with Crippen molar-refractivity contribution in [1.29, 1.82) is 0 Å². The van der Waals surface area contributed by atoms with E-state index in [0.717, 1.165) is 18.2 Å². The molecule has 0 aromatic heterocycles. The third kappa shape index (κ3) is 5.60. The Morgan fingerprint density at radius 3 is 2.38 bits per heavy atom. The smallest absolute Gasteiger partial charge is 0.358 e. The molecule has 0 saturated heterocycles. The second-order valence-corrected chi connectivity index (χ2v) is 4.42. The van der Waals surface area contributed by atoms with E-state index < -0.39 is 17.6 Å². The molecule has 116 valence electrons. The first-order chi connectivity index (χ1) is 9.74. The quantitative estimate of drug-likeness (QED) is 0.771. The lowest BCUT2D eigenvalue weighted by molar-refractivity contribution is -0.137. The van der Waals surface area contributed by atoms with E-state index in [4.69, 9.17) is 11.6 Å². The van der Waals surface area contributed by atoms with Gasteiger partial charge in [0.2, 0.25) is 11.8 Å². The molecule has 9 heteroatoms. The Kier molecular flexibility index (Phi) is 5.98. The summed E-state index contributed by atoms with van der Waals surface area (Å²) in [4.78, 5) is 22.5. The fraction of sp³-hybridized carbons (Fsp3) is 0.333. The van der Waals surface area contributed by atoms with E-state index in [1.807, 2.05) is 0 Å². The van der Waals surface area contributed by atoms with Gasteiger partial charge >= 0.3 is 6.18 Å². The molecular weight excluding hydrogens is 311 g/mol. The lowest BCUT2D eigenvalue weighted by atomic mass is 10.2. The van der Waals surface area contributed by atoms with Crippen LogP contribution < -0.4 is 16.0 Å². The SMILES string of the molecule is CNC(=O)CNCC(=O)Nc1cc(C(F)(F)F)ccc1Cl. The van der Waals surface area contributed by atoms with E-state index in [9.17, 15) is 22.8 Å². The molecule has 0 bridgehead atoms. The zero-order valence-corrected chi connectivity index (χ0v) is 11.7. The van der Waals surface area contributed by atoms with Crippen LogP contribution in [-0.2, 0) is 15.8 Å². The van der Waals surface area contributed by atoms with Crippen LogP contribution in [0.1, 0.15) is 5.56 Å². The molecule has 0 atom stereocenters. The lowest BCUT2D eigenvalue weighted by Crippen LogP contribution is -2.36. The number of benzene rings is 1. The van der Waals surface area contributed by atoms with E-state index >= 15 is 0 Å². The molecule has 21 heavy (non-hydrogen) atoms. The molecular formula is C12H13ClF3N3O2. The van der Waals surface area contributed by atoms with Crippen molar-refractivity contribution in [3.8, 4) is 0 Å². The van der Waals surface area contributed by atoms with Gasteiger partial charge in [0, 0.05) is 7.05 Å². The van der Waals surface area contributed by atoms with Crippen molar-refractivity contribution in [3.63, 3.8) is 0 Å². The molecule has 0 fully saturated rings. The van der Waals surface area contributed by atoms with Crippen molar-refractivity contribution >= 4 is 29.1 Å². The first kappa shape index (κ1) is 17.3. The topological polar surface area (TPSA) is 70.2 Å². The Morgan fingerprint density at radius 1 is 1.19 bits per heavy atom. The summed E-state index contributed by atoms with van der Waals surface area (Å²) in [5, 5.41) is 7.11. The standard InChI is InChI=1S/C12H13ClF3N3O2/c1-17-10(20)5-18-6-11(21)19-9-4-7(12(14,15)16)2-3-8(9)13/h2-4,18H,5-6H2,1H3,(H,17,20)(H,19,21). The van der Waals surface area contributed by atoms with Gasteiger partial charge in [0.15, 0.2) is 0 Å². The Balaban J connectivity index is 2.65. The number of halogens is 4. The van der Waals surface area contributed by atoms with Crippen molar-refractivity contribution < 1.29 is 22.8 Å². The number of carbonyl (C=O) groups is 2. The largest absolute Gasteiger partial charge is 0.416 e. The van der Waals surface area contributed by atoms with Crippen LogP contribution in [-0.4, -0.2) is 32.0 Å². The number of likely N-dealkylation sites (N-methyl/N-ethyl adjacent to an activating group) is 1. The number of nitrogens with one attached hydrogen (secondary N) is 3. The molecule has 0 spiro atoms. The highest BCUT2D eigenvalue weighted by Gasteiger charge is 2.31. The molecule has 5 nitrogen and oxygen atoms in total. The Labute approximate surface area is 123 Å². The van der Waals surface area contributed by atoms with Crippen molar-refractivity contribution in [1.82, 2.24) is 10.6 Å². The van der Waals surface area contributed by atoms with Crippen molar-refractivity contribution in [2.75, 3.05) is 25.5 Å². The number of amides is 2. The van der Waals surface area contributed by atoms with Gasteiger partial charge < -0.3 is 10.6 Å². The molecule has 1 aromatic rings. The van der Waals surface area contributed by atoms with Gasteiger partial charge in [0.05, 0.1) is 29.4 Å². The normalized spacial score (nSPS) is 11.1. The second-order valence-electron chi connectivity index (χ2n) is 4.02. The van der Waals surface area contributed by atoms with Gasteiger partial charge in [-0.15, -0.1) is 0 Å². The van der Waals surface area contributed by atoms with Gasteiger partial charge in [-0.2, -0.15) is 13.2 Å². The number of hydrogen-bond donors (Lipinski definition) is 3. The number of carbonyl (C=O) groups excluding carboxylic acids is 2. The molecule has 0 saturated carbocycles. The summed E-state index contributed by atoms with van der Waals surface area (Å²) in [6.07, 6.45) is -4.53. The maximum Gasteiger partial charge on any atom is 0.416 e. The minimum atomic E-state index is -4.53. The Hall–Kier alpha value is -1.80. The first-order valence-electron chi connectivity index (χ1n) is 5.82. The summed E-state index contributed by atoms with van der Waals surface area (Å²) in [6, 6.07) is 2.62. The maximum absolute atomic E-state index is 12.6. The van der Waals surface area contributed by atoms with Crippen molar-refractivity contribution in [2.45, 2.75) is 6.18 Å². The molecule has 3 N–H and O–H groups in total. The van der Waals surface area contributed by atoms with Crippen LogP contribution in [0.15, 0.2) is 18.2 Å². The predicted octanol–water partition coefficient (Wildman–Crippen LogP) is 1.63. The van der Waals surface area contributed by atoms with Gasteiger partial charge in [0.1, 0.15) is 0 Å². The van der Waals surface area contributed by atoms with E-state index in [-0.39, 0.29) is 29.7 Å². The highest BCUT2D eigenvalue weighted by molar-refractivity contribution is 6.33. The van der Waals surface area contributed by atoms with E-state index in [1.165, 1.54) is 7.05 Å². The average Bonchev–Trinajstić information content (AvgIpc) is 2.39. The van der Waals surface area contributed by atoms with Crippen LogP contribution >= 0.6 is 11.6 Å². The van der Waals surface area contributed by atoms with Crippen molar-refractivity contribution in [2.24, 2.45) is 0 Å². The van der Waals surface area contributed by atoms with Crippen LogP contribution in [0.2, 0.25) is 5.02 Å². The predicted molar refractivity (Wildman–Crippen MR) is 72.0 cm³/mol. The third-order valence-electron chi connectivity index (χ3n) is 2.42. The van der Waals surface area contributed by atoms with Crippen LogP contribution in [0.25, 0.3) is 0 Å². The van der Waals surface area contributed by atoms with Crippen LogP contribution in [0.5, 0.6) is 0 Å². The molecule has 0 heterocycles. The number of rotatable bonds is 5. The zero-order chi connectivity index (χ0) is 16.0. The number of hydrogen-bond acceptors (Lipinski definition) is 3. The van der Waals surface area contributed by atoms with Gasteiger partial charge in [-0.05, 0) is 18.2 Å². The molecule has 0 aliphatic heterocycles. The van der Waals surface area contributed by atoms with Gasteiger partial charge in [-0.1, -0.05) is 11.6 Å². The van der Waals surface area contributed by atoms with Crippen LogP contribution in [0.4, 0.5) is 18.9 Å². The van der Waals surface area contributed by atoms with Gasteiger partial charge in [0.25, 0.3) is 0 Å². The minimum absolute atomic E-state index is 0.0114. The fourth-order valence-corrected chi connectivity index (χ4v) is 1.53. The molecule has 0 aliphatic carbocycles. The monoisotopic (exact) mass is 323 g/mol. The van der Waals surface area contributed by atoms with Gasteiger partial charge in [-0.25, -0.2) is 0 Å². The molecule has 0 unspecified atom stereocenters.